The molecule has 1 amide bonds. The van der Waals surface area contributed by atoms with Gasteiger partial charge in [0.2, 0.25) is 15.9 Å². The number of sulfonamides is 1. The van der Waals surface area contributed by atoms with Gasteiger partial charge in [-0.05, 0) is 43.0 Å². The first-order chi connectivity index (χ1) is 15.4. The molecule has 166 valence electrons. The van der Waals surface area contributed by atoms with Gasteiger partial charge in [0.1, 0.15) is 0 Å². The summed E-state index contributed by atoms with van der Waals surface area (Å²) in [5.41, 5.74) is 3.13. The molecule has 0 aliphatic carbocycles. The van der Waals surface area contributed by atoms with Crippen molar-refractivity contribution in [3.8, 4) is 0 Å². The number of rotatable bonds is 6. The van der Waals surface area contributed by atoms with Crippen molar-refractivity contribution in [3.63, 3.8) is 0 Å². The van der Waals surface area contributed by atoms with Gasteiger partial charge in [-0.25, -0.2) is 8.42 Å². The lowest BCUT2D eigenvalue weighted by molar-refractivity contribution is -0.126. The van der Waals surface area contributed by atoms with Gasteiger partial charge in [0.15, 0.2) is 0 Å². The number of nitrogens with zero attached hydrogens (tertiary/aromatic N) is 1. The second-order valence-electron chi connectivity index (χ2n) is 8.28. The average Bonchev–Trinajstić information content (AvgIpc) is 2.83. The van der Waals surface area contributed by atoms with Gasteiger partial charge in [0.05, 0.1) is 16.9 Å². The summed E-state index contributed by atoms with van der Waals surface area (Å²) >= 11 is 0. The molecular weight excluding hydrogens is 420 g/mol. The quantitative estimate of drug-likeness (QED) is 0.611. The highest BCUT2D eigenvalue weighted by molar-refractivity contribution is 7.89. The fourth-order valence-electron chi connectivity index (χ4n) is 4.23. The van der Waals surface area contributed by atoms with E-state index >= 15 is 0 Å². The molecule has 3 aromatic rings. The number of aryl methyl sites for hydroxylation is 1. The van der Waals surface area contributed by atoms with Crippen molar-refractivity contribution >= 4 is 15.9 Å². The number of amides is 1. The Morgan fingerprint density at radius 3 is 2.28 bits per heavy atom. The number of nitrogens with one attached hydrogen (secondary N) is 1. The molecule has 1 aliphatic heterocycles. The first-order valence-corrected chi connectivity index (χ1v) is 12.4. The highest BCUT2D eigenvalue weighted by Crippen LogP contribution is 2.27. The minimum Gasteiger partial charge on any atom is -0.345 e. The number of benzene rings is 3. The molecule has 0 saturated carbocycles. The zero-order valence-corrected chi connectivity index (χ0v) is 19.0. The Bertz CT molecular complexity index is 1160. The van der Waals surface area contributed by atoms with Crippen LogP contribution in [0, 0.1) is 12.8 Å². The topological polar surface area (TPSA) is 66.5 Å². The second kappa shape index (κ2) is 9.67. The number of carbonyl (C=O) groups excluding carboxylic acids is 1. The molecule has 0 unspecified atom stereocenters. The summed E-state index contributed by atoms with van der Waals surface area (Å²) in [6, 6.07) is 26.1. The normalized spacial score (nSPS) is 18.1. The highest BCUT2D eigenvalue weighted by Gasteiger charge is 2.34. The average molecular weight is 449 g/mol. The molecule has 0 aromatic heterocycles. The molecule has 0 radical (unpaired) electrons. The molecule has 1 aliphatic rings. The molecule has 1 fully saturated rings. The molecule has 3 aromatic carbocycles. The minimum atomic E-state index is -3.61. The van der Waals surface area contributed by atoms with Crippen molar-refractivity contribution < 1.29 is 13.2 Å². The van der Waals surface area contributed by atoms with Crippen LogP contribution in [0.15, 0.2) is 89.8 Å². The zero-order valence-electron chi connectivity index (χ0n) is 18.1. The smallest absolute Gasteiger partial charge is 0.243 e. The summed E-state index contributed by atoms with van der Waals surface area (Å²) < 4.78 is 27.5. The van der Waals surface area contributed by atoms with Crippen molar-refractivity contribution in [1.82, 2.24) is 9.62 Å². The van der Waals surface area contributed by atoms with Crippen LogP contribution in [0.5, 0.6) is 0 Å². The van der Waals surface area contributed by atoms with Crippen LogP contribution in [0.1, 0.15) is 35.6 Å². The van der Waals surface area contributed by atoms with E-state index < -0.39 is 15.9 Å². The van der Waals surface area contributed by atoms with Crippen LogP contribution in [0.3, 0.4) is 0 Å². The lowest BCUT2D eigenvalue weighted by Crippen LogP contribution is -2.46. The molecule has 0 bridgehead atoms. The van der Waals surface area contributed by atoms with Crippen molar-refractivity contribution in [3.05, 3.63) is 102 Å². The molecule has 6 heteroatoms. The van der Waals surface area contributed by atoms with E-state index in [1.807, 2.05) is 55.5 Å². The van der Waals surface area contributed by atoms with Gasteiger partial charge in [-0.15, -0.1) is 0 Å². The predicted octanol–water partition coefficient (Wildman–Crippen LogP) is 4.30. The lowest BCUT2D eigenvalue weighted by atomic mass is 9.94. The number of carbonyl (C=O) groups is 1. The summed E-state index contributed by atoms with van der Waals surface area (Å²) in [5, 5.41) is 3.20. The Kier molecular flexibility index (Phi) is 6.72. The first kappa shape index (κ1) is 22.2. The Morgan fingerprint density at radius 1 is 0.938 bits per heavy atom. The first-order valence-electron chi connectivity index (χ1n) is 10.9. The predicted molar refractivity (Wildman–Crippen MR) is 126 cm³/mol. The Hall–Kier alpha value is -2.96. The second-order valence-corrected chi connectivity index (χ2v) is 10.2. The van der Waals surface area contributed by atoms with Crippen molar-refractivity contribution in [2.24, 2.45) is 5.92 Å². The van der Waals surface area contributed by atoms with E-state index in [-0.39, 0.29) is 23.4 Å². The van der Waals surface area contributed by atoms with Crippen LogP contribution in [-0.4, -0.2) is 31.7 Å². The van der Waals surface area contributed by atoms with Gasteiger partial charge in [0.25, 0.3) is 0 Å². The summed E-state index contributed by atoms with van der Waals surface area (Å²) in [6.45, 7) is 2.65. The van der Waals surface area contributed by atoms with Crippen LogP contribution >= 0.6 is 0 Å². The zero-order chi connectivity index (χ0) is 22.6. The Balaban J connectivity index is 1.55. The fourth-order valence-corrected chi connectivity index (χ4v) is 5.78. The van der Waals surface area contributed by atoms with Gasteiger partial charge < -0.3 is 5.32 Å². The van der Waals surface area contributed by atoms with Crippen LogP contribution in [0.4, 0.5) is 0 Å². The van der Waals surface area contributed by atoms with Crippen LogP contribution in [-0.2, 0) is 14.8 Å². The van der Waals surface area contributed by atoms with Crippen LogP contribution in [0.25, 0.3) is 0 Å². The van der Waals surface area contributed by atoms with E-state index in [0.717, 1.165) is 16.7 Å². The molecule has 1 heterocycles. The fraction of sp³-hybridized carbons (Fsp3) is 0.269. The lowest BCUT2D eigenvalue weighted by Gasteiger charge is -2.32. The monoisotopic (exact) mass is 448 g/mol. The Labute approximate surface area is 190 Å². The standard InChI is InChI=1S/C26H28N2O3S/c1-20-10-8-13-22(18-20)25(21-11-4-2-5-12-21)27-26(29)23-14-9-17-28(19-23)32(30,31)24-15-6-3-7-16-24/h2-8,10-13,15-16,18,23,25H,9,14,17,19H2,1H3,(H,27,29)/t23-,25+/m0/s1. The third kappa shape index (κ3) is 4.92. The molecule has 32 heavy (non-hydrogen) atoms. The maximum atomic E-state index is 13.3. The molecule has 2 atom stereocenters. The van der Waals surface area contributed by atoms with Gasteiger partial charge in [-0.2, -0.15) is 4.31 Å². The highest BCUT2D eigenvalue weighted by atomic mass is 32.2. The van der Waals surface area contributed by atoms with Crippen LogP contribution in [0.2, 0.25) is 0 Å². The Morgan fingerprint density at radius 2 is 1.59 bits per heavy atom. The third-order valence-corrected chi connectivity index (χ3v) is 7.81. The molecule has 1 saturated heterocycles. The molecule has 5 nitrogen and oxygen atoms in total. The molecule has 0 spiro atoms. The van der Waals surface area contributed by atoms with Crippen molar-refractivity contribution in [2.75, 3.05) is 13.1 Å². The van der Waals surface area contributed by atoms with Crippen molar-refractivity contribution in [2.45, 2.75) is 30.7 Å². The van der Waals surface area contributed by atoms with E-state index in [1.165, 1.54) is 4.31 Å². The number of piperidine rings is 1. The molecule has 1 N–H and O–H groups in total. The largest absolute Gasteiger partial charge is 0.345 e. The third-order valence-electron chi connectivity index (χ3n) is 5.93. The number of hydrogen-bond donors (Lipinski definition) is 1. The van der Waals surface area contributed by atoms with E-state index in [0.29, 0.717) is 19.4 Å². The van der Waals surface area contributed by atoms with E-state index in [4.69, 9.17) is 0 Å². The van der Waals surface area contributed by atoms with E-state index in [1.54, 1.807) is 30.3 Å². The van der Waals surface area contributed by atoms with Gasteiger partial charge >= 0.3 is 0 Å². The summed E-state index contributed by atoms with van der Waals surface area (Å²) in [5.74, 6) is -0.508. The number of hydrogen-bond acceptors (Lipinski definition) is 3. The van der Waals surface area contributed by atoms with Gasteiger partial charge in [-0.3, -0.25) is 4.79 Å². The van der Waals surface area contributed by atoms with Gasteiger partial charge in [-0.1, -0.05) is 78.4 Å². The summed E-state index contributed by atoms with van der Waals surface area (Å²) in [4.78, 5) is 13.6. The maximum Gasteiger partial charge on any atom is 0.243 e. The van der Waals surface area contributed by atoms with Gasteiger partial charge in [0, 0.05) is 13.1 Å². The maximum absolute atomic E-state index is 13.3. The minimum absolute atomic E-state index is 0.117. The van der Waals surface area contributed by atoms with E-state index in [2.05, 4.69) is 11.4 Å². The molecule has 4 rings (SSSR count). The summed E-state index contributed by atoms with van der Waals surface area (Å²) in [7, 11) is -3.61. The van der Waals surface area contributed by atoms with E-state index in [9.17, 15) is 13.2 Å². The van der Waals surface area contributed by atoms with Crippen LogP contribution < -0.4 is 5.32 Å². The van der Waals surface area contributed by atoms with Crippen molar-refractivity contribution in [1.29, 1.82) is 0 Å². The molecular formula is C26H28N2O3S. The SMILES string of the molecule is Cc1cccc([C@H](NC(=O)[C@H]2CCCN(S(=O)(=O)c3ccccc3)C2)c2ccccc2)c1. The summed E-state index contributed by atoms with van der Waals surface area (Å²) in [6.07, 6.45) is 1.33.